The number of nitrogen functional groups attached to an aromatic ring is 1. The number of methoxy groups -OCH3 is 1. The summed E-state index contributed by atoms with van der Waals surface area (Å²) in [5, 5.41) is 0. The largest absolute Gasteiger partial charge is 0.465 e. The van der Waals surface area contributed by atoms with Crippen molar-refractivity contribution in [1.29, 1.82) is 0 Å². The van der Waals surface area contributed by atoms with Crippen molar-refractivity contribution in [3.8, 4) is 11.1 Å². The fourth-order valence-electron chi connectivity index (χ4n) is 1.62. The molecule has 0 bridgehead atoms. The molecule has 17 heavy (non-hydrogen) atoms. The molecular weight excluding hydrogens is 216 g/mol. The Bertz CT molecular complexity index is 553. The number of hydrogen-bond acceptors (Lipinski definition) is 4. The van der Waals surface area contributed by atoms with Crippen LogP contribution in [-0.2, 0) is 4.74 Å². The first-order valence-electron chi connectivity index (χ1n) is 5.10. The molecule has 0 radical (unpaired) electrons. The first-order valence-corrected chi connectivity index (χ1v) is 5.10. The monoisotopic (exact) mass is 228 g/mol. The van der Waals surface area contributed by atoms with E-state index in [-0.39, 0.29) is 5.97 Å². The van der Waals surface area contributed by atoms with Crippen molar-refractivity contribution < 1.29 is 9.53 Å². The van der Waals surface area contributed by atoms with Crippen molar-refractivity contribution in [3.63, 3.8) is 0 Å². The van der Waals surface area contributed by atoms with Gasteiger partial charge in [0.05, 0.1) is 12.7 Å². The number of aromatic nitrogens is 1. The molecular formula is C13H12N2O2. The number of carbonyl (C=O) groups is 1. The molecule has 0 saturated heterocycles. The third kappa shape index (κ3) is 2.25. The van der Waals surface area contributed by atoms with Gasteiger partial charge >= 0.3 is 5.97 Å². The summed E-state index contributed by atoms with van der Waals surface area (Å²) in [4.78, 5) is 15.6. The lowest BCUT2D eigenvalue weighted by Crippen LogP contribution is -2.03. The fourth-order valence-corrected chi connectivity index (χ4v) is 1.62. The average molecular weight is 228 g/mol. The molecule has 4 nitrogen and oxygen atoms in total. The summed E-state index contributed by atoms with van der Waals surface area (Å²) in [6, 6.07) is 8.92. The lowest BCUT2D eigenvalue weighted by Gasteiger charge is -2.07. The van der Waals surface area contributed by atoms with Crippen LogP contribution in [0.4, 0.5) is 5.69 Å². The van der Waals surface area contributed by atoms with E-state index in [9.17, 15) is 4.79 Å². The van der Waals surface area contributed by atoms with Crippen LogP contribution in [0.5, 0.6) is 0 Å². The summed E-state index contributed by atoms with van der Waals surface area (Å²) >= 11 is 0. The Balaban J connectivity index is 2.55. The molecule has 2 aromatic rings. The molecule has 0 spiro atoms. The van der Waals surface area contributed by atoms with Gasteiger partial charge in [0.15, 0.2) is 0 Å². The highest BCUT2D eigenvalue weighted by molar-refractivity contribution is 5.97. The number of ether oxygens (including phenoxy) is 1. The maximum atomic E-state index is 11.6. The van der Waals surface area contributed by atoms with Crippen LogP contribution in [0.2, 0.25) is 0 Å². The average Bonchev–Trinajstić information content (AvgIpc) is 2.38. The van der Waals surface area contributed by atoms with E-state index in [0.29, 0.717) is 16.8 Å². The minimum Gasteiger partial charge on any atom is -0.465 e. The van der Waals surface area contributed by atoms with Gasteiger partial charge in [-0.3, -0.25) is 4.98 Å². The Kier molecular flexibility index (Phi) is 3.05. The molecule has 1 aromatic heterocycles. The Morgan fingerprint density at radius 2 is 2.18 bits per heavy atom. The molecule has 1 heterocycles. The van der Waals surface area contributed by atoms with Gasteiger partial charge in [-0.2, -0.15) is 0 Å². The van der Waals surface area contributed by atoms with E-state index < -0.39 is 0 Å². The normalized spacial score (nSPS) is 9.94. The summed E-state index contributed by atoms with van der Waals surface area (Å²) in [7, 11) is 1.35. The molecule has 0 aliphatic carbocycles. The Labute approximate surface area is 99.1 Å². The van der Waals surface area contributed by atoms with Crippen LogP contribution in [0.3, 0.4) is 0 Å². The fraction of sp³-hybridized carbons (Fsp3) is 0.0769. The molecule has 2 rings (SSSR count). The number of esters is 1. The molecule has 4 heteroatoms. The van der Waals surface area contributed by atoms with Gasteiger partial charge in [-0.05, 0) is 23.8 Å². The van der Waals surface area contributed by atoms with Crippen LogP contribution in [0, 0.1) is 0 Å². The van der Waals surface area contributed by atoms with Crippen molar-refractivity contribution in [1.82, 2.24) is 4.98 Å². The third-order valence-electron chi connectivity index (χ3n) is 2.42. The first kappa shape index (κ1) is 11.1. The molecule has 0 aliphatic rings. The van der Waals surface area contributed by atoms with E-state index in [1.165, 1.54) is 7.11 Å². The number of anilines is 1. The minimum absolute atomic E-state index is 0.384. The summed E-state index contributed by atoms with van der Waals surface area (Å²) in [5.41, 5.74) is 8.40. The summed E-state index contributed by atoms with van der Waals surface area (Å²) in [6.07, 6.45) is 3.18. The Morgan fingerprint density at radius 3 is 2.88 bits per heavy atom. The van der Waals surface area contributed by atoms with E-state index in [2.05, 4.69) is 4.98 Å². The summed E-state index contributed by atoms with van der Waals surface area (Å²) in [6.45, 7) is 0. The predicted molar refractivity (Wildman–Crippen MR) is 65.4 cm³/mol. The van der Waals surface area contributed by atoms with Crippen molar-refractivity contribution in [2.45, 2.75) is 0 Å². The molecule has 0 unspecified atom stereocenters. The van der Waals surface area contributed by atoms with E-state index in [1.807, 2.05) is 12.1 Å². The Morgan fingerprint density at radius 1 is 1.35 bits per heavy atom. The molecule has 86 valence electrons. The zero-order chi connectivity index (χ0) is 12.3. The number of rotatable bonds is 2. The van der Waals surface area contributed by atoms with Gasteiger partial charge in [-0.15, -0.1) is 0 Å². The number of hydrogen-bond donors (Lipinski definition) is 1. The second-order valence-electron chi connectivity index (χ2n) is 3.54. The van der Waals surface area contributed by atoms with Gasteiger partial charge in [-0.1, -0.05) is 12.1 Å². The maximum Gasteiger partial charge on any atom is 0.338 e. The van der Waals surface area contributed by atoms with E-state index in [0.717, 1.165) is 5.56 Å². The highest BCUT2D eigenvalue weighted by Crippen LogP contribution is 2.24. The van der Waals surface area contributed by atoms with Gasteiger partial charge in [0.25, 0.3) is 0 Å². The van der Waals surface area contributed by atoms with Crippen molar-refractivity contribution in [2.24, 2.45) is 0 Å². The van der Waals surface area contributed by atoms with Crippen LogP contribution in [-0.4, -0.2) is 18.1 Å². The molecule has 0 atom stereocenters. The molecule has 0 aliphatic heterocycles. The Hall–Kier alpha value is -2.36. The lowest BCUT2D eigenvalue weighted by atomic mass is 10.0. The zero-order valence-corrected chi connectivity index (χ0v) is 9.38. The lowest BCUT2D eigenvalue weighted by molar-refractivity contribution is 0.0601. The molecule has 1 aromatic carbocycles. The second kappa shape index (κ2) is 4.65. The molecule has 2 N–H and O–H groups in total. The molecule has 0 saturated carbocycles. The van der Waals surface area contributed by atoms with Crippen molar-refractivity contribution in [2.75, 3.05) is 12.8 Å². The van der Waals surface area contributed by atoms with Gasteiger partial charge < -0.3 is 10.5 Å². The smallest absolute Gasteiger partial charge is 0.338 e. The number of nitrogens with zero attached hydrogens (tertiary/aromatic N) is 1. The predicted octanol–water partition coefficient (Wildman–Crippen LogP) is 2.12. The zero-order valence-electron chi connectivity index (χ0n) is 9.38. The molecule has 0 fully saturated rings. The highest BCUT2D eigenvalue weighted by Gasteiger charge is 2.12. The number of pyridine rings is 1. The third-order valence-corrected chi connectivity index (χ3v) is 2.42. The van der Waals surface area contributed by atoms with Gasteiger partial charge in [-0.25, -0.2) is 4.79 Å². The van der Waals surface area contributed by atoms with Gasteiger partial charge in [0.1, 0.15) is 0 Å². The summed E-state index contributed by atoms with van der Waals surface area (Å²) in [5.74, 6) is -0.384. The standard InChI is InChI=1S/C13H12N2O2/c1-17-13(16)11-5-6-15-8-12(11)9-3-2-4-10(14)7-9/h2-8H,14H2,1H3. The maximum absolute atomic E-state index is 11.6. The van der Waals surface area contributed by atoms with E-state index in [1.54, 1.807) is 30.6 Å². The minimum atomic E-state index is -0.384. The number of benzene rings is 1. The van der Waals surface area contributed by atoms with Crippen LogP contribution in [0.15, 0.2) is 42.7 Å². The summed E-state index contributed by atoms with van der Waals surface area (Å²) < 4.78 is 4.73. The topological polar surface area (TPSA) is 65.2 Å². The quantitative estimate of drug-likeness (QED) is 0.631. The van der Waals surface area contributed by atoms with Crippen LogP contribution < -0.4 is 5.73 Å². The van der Waals surface area contributed by atoms with Crippen molar-refractivity contribution >= 4 is 11.7 Å². The van der Waals surface area contributed by atoms with Gasteiger partial charge in [0, 0.05) is 23.6 Å². The second-order valence-corrected chi connectivity index (χ2v) is 3.54. The van der Waals surface area contributed by atoms with E-state index in [4.69, 9.17) is 10.5 Å². The van der Waals surface area contributed by atoms with Crippen LogP contribution >= 0.6 is 0 Å². The first-order chi connectivity index (χ1) is 8.22. The van der Waals surface area contributed by atoms with Crippen molar-refractivity contribution in [3.05, 3.63) is 48.3 Å². The van der Waals surface area contributed by atoms with E-state index >= 15 is 0 Å². The molecule has 0 amide bonds. The highest BCUT2D eigenvalue weighted by atomic mass is 16.5. The van der Waals surface area contributed by atoms with Crippen LogP contribution in [0.1, 0.15) is 10.4 Å². The van der Waals surface area contributed by atoms with Gasteiger partial charge in [0.2, 0.25) is 0 Å². The SMILES string of the molecule is COC(=O)c1ccncc1-c1cccc(N)c1. The number of nitrogens with two attached hydrogens (primary N) is 1. The number of carbonyl (C=O) groups excluding carboxylic acids is 1. The van der Waals surface area contributed by atoms with Crippen LogP contribution in [0.25, 0.3) is 11.1 Å².